The van der Waals surface area contributed by atoms with Crippen molar-refractivity contribution < 1.29 is 4.79 Å². The topological polar surface area (TPSA) is 35.6 Å². The third-order valence-corrected chi connectivity index (χ3v) is 4.19. The van der Waals surface area contributed by atoms with E-state index in [0.717, 1.165) is 51.9 Å². The monoisotopic (exact) mass is 283 g/mol. The molecule has 4 nitrogen and oxygen atoms in total. The normalized spacial score (nSPS) is 19.4. The summed E-state index contributed by atoms with van der Waals surface area (Å²) >= 11 is 0. The van der Waals surface area contributed by atoms with E-state index in [0.29, 0.717) is 18.5 Å². The molecule has 1 aliphatic rings. The van der Waals surface area contributed by atoms with Crippen LogP contribution in [0.5, 0.6) is 0 Å². The molecule has 0 saturated carbocycles. The molecule has 0 aliphatic carbocycles. The number of nitrogens with one attached hydrogen (secondary N) is 1. The van der Waals surface area contributed by atoms with Crippen LogP contribution in [0.15, 0.2) is 0 Å². The number of carbonyl (C=O) groups excluding carboxylic acids is 1. The average Bonchev–Trinajstić information content (AvgIpc) is 2.86. The van der Waals surface area contributed by atoms with Gasteiger partial charge in [0.05, 0.1) is 6.54 Å². The first-order valence-corrected chi connectivity index (χ1v) is 8.39. The highest BCUT2D eigenvalue weighted by Gasteiger charge is 2.26. The predicted octanol–water partition coefficient (Wildman–Crippen LogP) is 2.10. The molecule has 1 heterocycles. The van der Waals surface area contributed by atoms with Gasteiger partial charge in [0.25, 0.3) is 0 Å². The number of hydrogen-bond acceptors (Lipinski definition) is 3. The third-order valence-electron chi connectivity index (χ3n) is 4.19. The molecule has 1 atom stereocenters. The second kappa shape index (κ2) is 10.2. The Hall–Kier alpha value is -0.610. The van der Waals surface area contributed by atoms with Crippen molar-refractivity contribution in [2.24, 2.45) is 0 Å². The van der Waals surface area contributed by atoms with E-state index in [-0.39, 0.29) is 0 Å². The molecule has 0 bridgehead atoms. The van der Waals surface area contributed by atoms with E-state index in [1.807, 2.05) is 7.05 Å². The molecule has 1 N–H and O–H groups in total. The molecule has 1 aliphatic heterocycles. The van der Waals surface area contributed by atoms with E-state index in [1.54, 1.807) is 0 Å². The number of hydrogen-bond donors (Lipinski definition) is 1. The molecule has 1 fully saturated rings. The maximum Gasteiger partial charge on any atom is 0.236 e. The lowest BCUT2D eigenvalue weighted by Crippen LogP contribution is -2.45. The van der Waals surface area contributed by atoms with Gasteiger partial charge in [0, 0.05) is 25.7 Å². The maximum atomic E-state index is 12.5. The summed E-state index contributed by atoms with van der Waals surface area (Å²) < 4.78 is 0. The molecule has 20 heavy (non-hydrogen) atoms. The fourth-order valence-corrected chi connectivity index (χ4v) is 2.90. The minimum Gasteiger partial charge on any atom is -0.342 e. The molecule has 1 rings (SSSR count). The minimum absolute atomic E-state index is 0.329. The van der Waals surface area contributed by atoms with E-state index in [1.165, 1.54) is 12.8 Å². The number of rotatable bonds is 10. The highest BCUT2D eigenvalue weighted by atomic mass is 16.2. The zero-order valence-corrected chi connectivity index (χ0v) is 13.7. The van der Waals surface area contributed by atoms with Crippen molar-refractivity contribution >= 4 is 5.91 Å². The van der Waals surface area contributed by atoms with Crippen molar-refractivity contribution in [3.05, 3.63) is 0 Å². The SMILES string of the molecule is CCCCN(CCCC)C(=O)CN1CCCC1CNC. The van der Waals surface area contributed by atoms with Gasteiger partial charge < -0.3 is 10.2 Å². The van der Waals surface area contributed by atoms with Gasteiger partial charge >= 0.3 is 0 Å². The summed E-state index contributed by atoms with van der Waals surface area (Å²) in [6.45, 7) is 8.92. The summed E-state index contributed by atoms with van der Waals surface area (Å²) in [6, 6.07) is 0.545. The molecule has 118 valence electrons. The highest BCUT2D eigenvalue weighted by Crippen LogP contribution is 2.16. The van der Waals surface area contributed by atoms with E-state index in [2.05, 4.69) is 29.0 Å². The first kappa shape index (κ1) is 17.4. The van der Waals surface area contributed by atoms with Crippen LogP contribution in [0.25, 0.3) is 0 Å². The molecule has 0 radical (unpaired) electrons. The zero-order valence-electron chi connectivity index (χ0n) is 13.7. The first-order chi connectivity index (χ1) is 9.72. The molecular formula is C16H33N3O. The van der Waals surface area contributed by atoms with E-state index < -0.39 is 0 Å². The van der Waals surface area contributed by atoms with Gasteiger partial charge in [-0.15, -0.1) is 0 Å². The Morgan fingerprint density at radius 2 is 1.90 bits per heavy atom. The van der Waals surface area contributed by atoms with Gasteiger partial charge in [-0.3, -0.25) is 9.69 Å². The predicted molar refractivity (Wildman–Crippen MR) is 84.9 cm³/mol. The Kier molecular flexibility index (Phi) is 8.86. The van der Waals surface area contributed by atoms with Crippen LogP contribution in [-0.2, 0) is 4.79 Å². The second-order valence-electron chi connectivity index (χ2n) is 5.91. The zero-order chi connectivity index (χ0) is 14.8. The fourth-order valence-electron chi connectivity index (χ4n) is 2.90. The smallest absolute Gasteiger partial charge is 0.236 e. The van der Waals surface area contributed by atoms with Crippen molar-refractivity contribution in [3.8, 4) is 0 Å². The number of likely N-dealkylation sites (tertiary alicyclic amines) is 1. The first-order valence-electron chi connectivity index (χ1n) is 8.39. The van der Waals surface area contributed by atoms with Gasteiger partial charge in [0.2, 0.25) is 5.91 Å². The lowest BCUT2D eigenvalue weighted by Gasteiger charge is -2.28. The maximum absolute atomic E-state index is 12.5. The lowest BCUT2D eigenvalue weighted by atomic mass is 10.2. The largest absolute Gasteiger partial charge is 0.342 e. The molecule has 0 aromatic rings. The molecule has 1 amide bonds. The van der Waals surface area contributed by atoms with Crippen LogP contribution >= 0.6 is 0 Å². The quantitative estimate of drug-likeness (QED) is 0.667. The van der Waals surface area contributed by atoms with Crippen LogP contribution < -0.4 is 5.32 Å². The van der Waals surface area contributed by atoms with Gasteiger partial charge in [-0.2, -0.15) is 0 Å². The van der Waals surface area contributed by atoms with Crippen LogP contribution in [0.3, 0.4) is 0 Å². The van der Waals surface area contributed by atoms with Crippen molar-refractivity contribution in [2.45, 2.75) is 58.4 Å². The Morgan fingerprint density at radius 1 is 1.25 bits per heavy atom. The molecule has 1 unspecified atom stereocenters. The van der Waals surface area contributed by atoms with E-state index in [9.17, 15) is 4.79 Å². The summed E-state index contributed by atoms with van der Waals surface area (Å²) in [4.78, 5) is 17.0. The Morgan fingerprint density at radius 3 is 2.45 bits per heavy atom. The number of unbranched alkanes of at least 4 members (excludes halogenated alkanes) is 2. The van der Waals surface area contributed by atoms with Crippen LogP contribution in [-0.4, -0.2) is 61.5 Å². The van der Waals surface area contributed by atoms with Gasteiger partial charge in [-0.05, 0) is 39.3 Å². The molecule has 0 spiro atoms. The fraction of sp³-hybridized carbons (Fsp3) is 0.938. The van der Waals surface area contributed by atoms with Gasteiger partial charge in [-0.1, -0.05) is 26.7 Å². The van der Waals surface area contributed by atoms with Crippen molar-refractivity contribution in [1.29, 1.82) is 0 Å². The van der Waals surface area contributed by atoms with E-state index in [4.69, 9.17) is 0 Å². The minimum atomic E-state index is 0.329. The summed E-state index contributed by atoms with van der Waals surface area (Å²) in [5.74, 6) is 0.329. The van der Waals surface area contributed by atoms with Crippen LogP contribution in [0.2, 0.25) is 0 Å². The molecular weight excluding hydrogens is 250 g/mol. The van der Waals surface area contributed by atoms with Crippen molar-refractivity contribution in [2.75, 3.05) is 39.8 Å². The standard InChI is InChI=1S/C16H33N3O/c1-4-6-10-18(11-7-5-2)16(20)14-19-12-8-9-15(19)13-17-3/h15,17H,4-14H2,1-3H3. The molecule has 0 aromatic carbocycles. The number of likely N-dealkylation sites (N-methyl/N-ethyl adjacent to an activating group) is 1. The van der Waals surface area contributed by atoms with Crippen LogP contribution in [0.4, 0.5) is 0 Å². The summed E-state index contributed by atoms with van der Waals surface area (Å²) in [6.07, 6.45) is 7.00. The van der Waals surface area contributed by atoms with E-state index >= 15 is 0 Å². The Balaban J connectivity index is 2.46. The molecule has 4 heteroatoms. The van der Waals surface area contributed by atoms with Crippen molar-refractivity contribution in [1.82, 2.24) is 15.1 Å². The number of carbonyl (C=O) groups is 1. The number of amides is 1. The average molecular weight is 283 g/mol. The highest BCUT2D eigenvalue weighted by molar-refractivity contribution is 5.78. The number of nitrogens with zero attached hydrogens (tertiary/aromatic N) is 2. The van der Waals surface area contributed by atoms with Gasteiger partial charge in [0.15, 0.2) is 0 Å². The van der Waals surface area contributed by atoms with Crippen LogP contribution in [0.1, 0.15) is 52.4 Å². The lowest BCUT2D eigenvalue weighted by molar-refractivity contribution is -0.132. The molecule has 0 aromatic heterocycles. The third kappa shape index (κ3) is 5.80. The Labute approximate surface area is 124 Å². The second-order valence-corrected chi connectivity index (χ2v) is 5.91. The van der Waals surface area contributed by atoms with Gasteiger partial charge in [0.1, 0.15) is 0 Å². The summed E-state index contributed by atoms with van der Waals surface area (Å²) in [5, 5.41) is 3.24. The van der Waals surface area contributed by atoms with Crippen molar-refractivity contribution in [3.63, 3.8) is 0 Å². The summed E-state index contributed by atoms with van der Waals surface area (Å²) in [5.41, 5.74) is 0. The summed E-state index contributed by atoms with van der Waals surface area (Å²) in [7, 11) is 1.99. The van der Waals surface area contributed by atoms with Crippen LogP contribution in [0, 0.1) is 0 Å². The Bertz CT molecular complexity index is 262. The molecule has 1 saturated heterocycles. The van der Waals surface area contributed by atoms with Gasteiger partial charge in [-0.25, -0.2) is 0 Å².